The van der Waals surface area contributed by atoms with Gasteiger partial charge in [0.1, 0.15) is 0 Å². The number of ether oxygens (including phenoxy) is 1. The second kappa shape index (κ2) is 15.8. The molecule has 3 heteroatoms. The topological polar surface area (TPSA) is 46.5 Å². The van der Waals surface area contributed by atoms with Crippen LogP contribution in [0.1, 0.15) is 90.4 Å². The van der Waals surface area contributed by atoms with E-state index < -0.39 is 0 Å². The van der Waals surface area contributed by atoms with Gasteiger partial charge in [0.15, 0.2) is 0 Å². The lowest BCUT2D eigenvalue weighted by Gasteiger charge is -2.12. The molecule has 0 aromatic heterocycles. The molecule has 126 valence electrons. The number of carbonyl (C=O) groups is 1. The van der Waals surface area contributed by atoms with Crippen LogP contribution in [0.3, 0.4) is 0 Å². The number of carbonyl (C=O) groups excluding carboxylic acids is 1. The summed E-state index contributed by atoms with van der Waals surface area (Å²) >= 11 is 0. The summed E-state index contributed by atoms with van der Waals surface area (Å²) in [5.41, 5.74) is 0. The van der Waals surface area contributed by atoms with Crippen molar-refractivity contribution in [1.82, 2.24) is 0 Å². The average Bonchev–Trinajstić information content (AvgIpc) is 2.51. The molecule has 0 unspecified atom stereocenters. The van der Waals surface area contributed by atoms with Crippen molar-refractivity contribution >= 4 is 5.97 Å². The first kappa shape index (κ1) is 20.4. The minimum atomic E-state index is -0.211. The molecular formula is C18H36O3. The Morgan fingerprint density at radius 3 is 1.81 bits per heavy atom. The molecule has 0 fully saturated rings. The molecule has 0 aromatic rings. The van der Waals surface area contributed by atoms with Gasteiger partial charge >= 0.3 is 5.97 Å². The van der Waals surface area contributed by atoms with E-state index in [-0.39, 0.29) is 18.5 Å². The normalized spacial score (nSPS) is 12.3. The first-order valence-electron chi connectivity index (χ1n) is 8.92. The van der Waals surface area contributed by atoms with Crippen LogP contribution in [0.15, 0.2) is 0 Å². The summed E-state index contributed by atoms with van der Waals surface area (Å²) in [5.74, 6) is -0.131. The summed E-state index contributed by atoms with van der Waals surface area (Å²) in [7, 11) is 1.40. The molecule has 1 atom stereocenters. The molecule has 0 heterocycles. The van der Waals surface area contributed by atoms with Crippen molar-refractivity contribution in [3.63, 3.8) is 0 Å². The summed E-state index contributed by atoms with van der Waals surface area (Å²) in [6.07, 6.45) is 15.9. The Bertz CT molecular complexity index is 229. The van der Waals surface area contributed by atoms with E-state index >= 15 is 0 Å². The van der Waals surface area contributed by atoms with E-state index in [4.69, 9.17) is 0 Å². The molecule has 3 nitrogen and oxygen atoms in total. The van der Waals surface area contributed by atoms with Crippen molar-refractivity contribution in [3.8, 4) is 0 Å². The van der Waals surface area contributed by atoms with Crippen molar-refractivity contribution in [2.24, 2.45) is 5.92 Å². The van der Waals surface area contributed by atoms with E-state index in [2.05, 4.69) is 11.7 Å². The molecule has 0 saturated heterocycles. The number of rotatable bonds is 15. The molecule has 0 saturated carbocycles. The van der Waals surface area contributed by atoms with Gasteiger partial charge < -0.3 is 9.84 Å². The predicted octanol–water partition coefficient (Wildman–Crippen LogP) is 4.86. The molecule has 0 spiro atoms. The van der Waals surface area contributed by atoms with Gasteiger partial charge in [-0.15, -0.1) is 0 Å². The van der Waals surface area contributed by atoms with Gasteiger partial charge in [0.2, 0.25) is 0 Å². The van der Waals surface area contributed by atoms with E-state index in [0.29, 0.717) is 6.42 Å². The lowest BCUT2D eigenvalue weighted by Crippen LogP contribution is -2.13. The summed E-state index contributed by atoms with van der Waals surface area (Å²) in [4.78, 5) is 11.1. The maximum absolute atomic E-state index is 11.1. The third kappa shape index (κ3) is 14.1. The van der Waals surface area contributed by atoms with Crippen LogP contribution in [-0.4, -0.2) is 24.8 Å². The minimum Gasteiger partial charge on any atom is -0.469 e. The van der Waals surface area contributed by atoms with Crippen LogP contribution < -0.4 is 0 Å². The van der Waals surface area contributed by atoms with E-state index in [1.807, 2.05) is 0 Å². The van der Waals surface area contributed by atoms with Crippen LogP contribution in [-0.2, 0) is 9.53 Å². The highest BCUT2D eigenvalue weighted by Crippen LogP contribution is 2.16. The molecule has 1 N–H and O–H groups in total. The van der Waals surface area contributed by atoms with Crippen LogP contribution in [0.2, 0.25) is 0 Å². The third-order valence-electron chi connectivity index (χ3n) is 4.16. The van der Waals surface area contributed by atoms with Crippen LogP contribution in [0.25, 0.3) is 0 Å². The highest BCUT2D eigenvalue weighted by atomic mass is 16.5. The second-order valence-corrected chi connectivity index (χ2v) is 6.15. The second-order valence-electron chi connectivity index (χ2n) is 6.15. The maximum atomic E-state index is 11.1. The van der Waals surface area contributed by atoms with E-state index in [0.717, 1.165) is 12.8 Å². The summed E-state index contributed by atoms with van der Waals surface area (Å²) in [6.45, 7) is 2.35. The smallest absolute Gasteiger partial charge is 0.305 e. The standard InChI is InChI=1S/C18H36O3/c1-3-4-5-6-7-8-9-10-11-12-13-14-17(16-19)15-18(20)21-2/h17,19H,3-16H2,1-2H3/t17-/m1/s1. The fraction of sp³-hybridized carbons (Fsp3) is 0.944. The first-order chi connectivity index (χ1) is 10.2. The summed E-state index contributed by atoms with van der Waals surface area (Å²) in [5, 5.41) is 9.22. The number of hydrogen-bond acceptors (Lipinski definition) is 3. The number of aliphatic hydroxyl groups is 1. The van der Waals surface area contributed by atoms with Gasteiger partial charge in [0.25, 0.3) is 0 Å². The van der Waals surface area contributed by atoms with Crippen molar-refractivity contribution in [1.29, 1.82) is 0 Å². The van der Waals surface area contributed by atoms with Gasteiger partial charge in [-0.3, -0.25) is 4.79 Å². The van der Waals surface area contributed by atoms with E-state index in [9.17, 15) is 9.90 Å². The SMILES string of the molecule is CCCCCCCCCCCCC[C@@H](CO)CC(=O)OC. The van der Waals surface area contributed by atoms with Gasteiger partial charge in [-0.2, -0.15) is 0 Å². The van der Waals surface area contributed by atoms with Crippen molar-refractivity contribution in [2.75, 3.05) is 13.7 Å². The van der Waals surface area contributed by atoms with Gasteiger partial charge in [0.05, 0.1) is 13.5 Å². The van der Waals surface area contributed by atoms with Crippen LogP contribution in [0.5, 0.6) is 0 Å². The first-order valence-corrected chi connectivity index (χ1v) is 8.92. The lowest BCUT2D eigenvalue weighted by molar-refractivity contribution is -0.142. The van der Waals surface area contributed by atoms with Crippen LogP contribution in [0, 0.1) is 5.92 Å². The average molecular weight is 300 g/mol. The Morgan fingerprint density at radius 1 is 0.905 bits per heavy atom. The Kier molecular flexibility index (Phi) is 15.4. The number of methoxy groups -OCH3 is 1. The molecule has 0 aromatic carbocycles. The van der Waals surface area contributed by atoms with Gasteiger partial charge in [0, 0.05) is 6.61 Å². The maximum Gasteiger partial charge on any atom is 0.305 e. The Balaban J connectivity index is 3.28. The third-order valence-corrected chi connectivity index (χ3v) is 4.16. The number of unbranched alkanes of at least 4 members (excludes halogenated alkanes) is 10. The summed E-state index contributed by atoms with van der Waals surface area (Å²) in [6, 6.07) is 0. The van der Waals surface area contributed by atoms with Gasteiger partial charge in [-0.25, -0.2) is 0 Å². The van der Waals surface area contributed by atoms with Crippen molar-refractivity contribution in [2.45, 2.75) is 90.4 Å². The highest BCUT2D eigenvalue weighted by Gasteiger charge is 2.12. The predicted molar refractivity (Wildman–Crippen MR) is 88.3 cm³/mol. The summed E-state index contributed by atoms with van der Waals surface area (Å²) < 4.78 is 4.64. The Labute approximate surface area is 131 Å². The largest absolute Gasteiger partial charge is 0.469 e. The molecule has 21 heavy (non-hydrogen) atoms. The van der Waals surface area contributed by atoms with Gasteiger partial charge in [-0.05, 0) is 12.3 Å². The molecule has 0 radical (unpaired) electrons. The van der Waals surface area contributed by atoms with Crippen molar-refractivity contribution in [3.05, 3.63) is 0 Å². The lowest BCUT2D eigenvalue weighted by atomic mass is 9.98. The monoisotopic (exact) mass is 300 g/mol. The fourth-order valence-corrected chi connectivity index (χ4v) is 2.67. The zero-order chi connectivity index (χ0) is 15.8. The molecule has 0 bridgehead atoms. The molecule has 0 aliphatic rings. The quantitative estimate of drug-likeness (QED) is 0.347. The molecule has 0 aliphatic heterocycles. The molecule has 0 aliphatic carbocycles. The number of hydrogen-bond donors (Lipinski definition) is 1. The highest BCUT2D eigenvalue weighted by molar-refractivity contribution is 5.69. The molecule has 0 amide bonds. The zero-order valence-corrected chi connectivity index (χ0v) is 14.2. The van der Waals surface area contributed by atoms with E-state index in [1.165, 1.54) is 71.3 Å². The zero-order valence-electron chi connectivity index (χ0n) is 14.2. The Hall–Kier alpha value is -0.570. The van der Waals surface area contributed by atoms with E-state index in [1.54, 1.807) is 0 Å². The fourth-order valence-electron chi connectivity index (χ4n) is 2.67. The van der Waals surface area contributed by atoms with Crippen LogP contribution >= 0.6 is 0 Å². The number of esters is 1. The number of aliphatic hydroxyl groups excluding tert-OH is 1. The molecule has 0 rings (SSSR count). The minimum absolute atomic E-state index is 0.0796. The van der Waals surface area contributed by atoms with Crippen molar-refractivity contribution < 1.29 is 14.6 Å². The van der Waals surface area contributed by atoms with Crippen LogP contribution in [0.4, 0.5) is 0 Å². The Morgan fingerprint density at radius 2 is 1.38 bits per heavy atom. The van der Waals surface area contributed by atoms with Gasteiger partial charge in [-0.1, -0.05) is 77.6 Å². The molecular weight excluding hydrogens is 264 g/mol.